The zero-order chi connectivity index (χ0) is 18.6. The number of benzene rings is 1. The van der Waals surface area contributed by atoms with Crippen LogP contribution in [0.4, 0.5) is 13.2 Å². The maximum absolute atomic E-state index is 12.6. The summed E-state index contributed by atoms with van der Waals surface area (Å²) in [6.07, 6.45) is -0.775. The van der Waals surface area contributed by atoms with Gasteiger partial charge < -0.3 is 23.1 Å². The van der Waals surface area contributed by atoms with E-state index >= 15 is 0 Å². The molecule has 0 bridgehead atoms. The van der Waals surface area contributed by atoms with E-state index in [2.05, 4.69) is 20.1 Å². The largest absolute Gasteiger partial charge is 0.534 e. The molecule has 1 aliphatic carbocycles. The Bertz CT molecular complexity index is 803. The van der Waals surface area contributed by atoms with Crippen molar-refractivity contribution in [2.45, 2.75) is 17.4 Å². The topological polar surface area (TPSA) is 80.3 Å². The van der Waals surface area contributed by atoms with Crippen LogP contribution in [0.5, 0.6) is 11.5 Å². The standard InChI is InChI=1S/C13H12BrF3O7S/c1-20-10-8-6(11(21-2)12(8)22-3-4-23-12)5-7(9(10)14)24-25(18,19)13(15,16)17/h5,11H,3-4H2,1-2H3. The van der Waals surface area contributed by atoms with E-state index in [-0.39, 0.29) is 10.2 Å². The Morgan fingerprint density at radius 3 is 2.36 bits per heavy atom. The average Bonchev–Trinajstić information content (AvgIpc) is 3.00. The molecule has 12 heteroatoms. The Labute approximate surface area is 149 Å². The lowest BCUT2D eigenvalue weighted by atomic mass is 9.77. The van der Waals surface area contributed by atoms with E-state index in [0.717, 1.165) is 6.07 Å². The van der Waals surface area contributed by atoms with Gasteiger partial charge in [-0.15, -0.1) is 0 Å². The summed E-state index contributed by atoms with van der Waals surface area (Å²) in [5.41, 5.74) is -4.82. The number of hydrogen-bond donors (Lipinski definition) is 0. The third kappa shape index (κ3) is 2.62. The van der Waals surface area contributed by atoms with Crippen molar-refractivity contribution in [3.8, 4) is 11.5 Å². The predicted octanol–water partition coefficient (Wildman–Crippen LogP) is 2.59. The van der Waals surface area contributed by atoms with E-state index in [4.69, 9.17) is 18.9 Å². The van der Waals surface area contributed by atoms with Crippen molar-refractivity contribution in [2.24, 2.45) is 0 Å². The molecule has 1 aromatic carbocycles. The minimum absolute atomic E-state index is 0.0417. The summed E-state index contributed by atoms with van der Waals surface area (Å²) < 4.78 is 86.2. The van der Waals surface area contributed by atoms with Gasteiger partial charge in [0.1, 0.15) is 16.3 Å². The van der Waals surface area contributed by atoms with Crippen LogP contribution in [0.15, 0.2) is 10.5 Å². The average molecular weight is 449 g/mol. The molecule has 1 aromatic rings. The van der Waals surface area contributed by atoms with Crippen LogP contribution in [0.2, 0.25) is 0 Å². The highest BCUT2D eigenvalue weighted by Crippen LogP contribution is 2.61. The number of fused-ring (bicyclic) bond motifs is 2. The highest BCUT2D eigenvalue weighted by molar-refractivity contribution is 9.10. The lowest BCUT2D eigenvalue weighted by Crippen LogP contribution is -2.46. The van der Waals surface area contributed by atoms with Gasteiger partial charge in [0.05, 0.1) is 25.9 Å². The van der Waals surface area contributed by atoms with Gasteiger partial charge in [-0.3, -0.25) is 0 Å². The van der Waals surface area contributed by atoms with Crippen LogP contribution in [0, 0.1) is 0 Å². The zero-order valence-corrected chi connectivity index (χ0v) is 15.2. The number of methoxy groups -OCH3 is 2. The molecule has 1 fully saturated rings. The summed E-state index contributed by atoms with van der Waals surface area (Å²) in [6.45, 7) is 0.585. The summed E-state index contributed by atoms with van der Waals surface area (Å²) in [7, 11) is -3.21. The van der Waals surface area contributed by atoms with Gasteiger partial charge in [0.15, 0.2) is 5.75 Å². The fraction of sp³-hybridized carbons (Fsp3) is 0.538. The van der Waals surface area contributed by atoms with Crippen LogP contribution >= 0.6 is 15.9 Å². The predicted molar refractivity (Wildman–Crippen MR) is 79.6 cm³/mol. The Morgan fingerprint density at radius 1 is 1.28 bits per heavy atom. The molecule has 1 unspecified atom stereocenters. The minimum Gasteiger partial charge on any atom is -0.495 e. The second kappa shape index (κ2) is 5.98. The van der Waals surface area contributed by atoms with Crippen LogP contribution in [0.25, 0.3) is 0 Å². The van der Waals surface area contributed by atoms with Gasteiger partial charge in [0.2, 0.25) is 5.79 Å². The molecule has 140 valence electrons. The van der Waals surface area contributed by atoms with E-state index in [1.807, 2.05) is 0 Å². The Morgan fingerprint density at radius 2 is 1.88 bits per heavy atom. The molecular weight excluding hydrogens is 437 g/mol. The SMILES string of the molecule is COc1c(Br)c(OS(=O)(=O)C(F)(F)F)cc2c1C1(OCCO1)C2OC. The third-order valence-electron chi connectivity index (χ3n) is 3.83. The monoisotopic (exact) mass is 448 g/mol. The normalized spacial score (nSPS) is 21.8. The molecular formula is C13H12BrF3O7S. The Hall–Kier alpha value is -1.08. The van der Waals surface area contributed by atoms with Crippen molar-refractivity contribution in [1.29, 1.82) is 0 Å². The second-order valence-corrected chi connectivity index (χ2v) is 7.48. The summed E-state index contributed by atoms with van der Waals surface area (Å²) in [5.74, 6) is -1.79. The quantitative estimate of drug-likeness (QED) is 0.517. The summed E-state index contributed by atoms with van der Waals surface area (Å²) in [4.78, 5) is 0. The number of halogens is 4. The van der Waals surface area contributed by atoms with E-state index < -0.39 is 33.3 Å². The van der Waals surface area contributed by atoms with Crippen LogP contribution < -0.4 is 8.92 Å². The lowest BCUT2D eigenvalue weighted by molar-refractivity contribution is -0.264. The molecule has 7 nitrogen and oxygen atoms in total. The maximum atomic E-state index is 12.6. The summed E-state index contributed by atoms with van der Waals surface area (Å²) in [6, 6.07) is 1.12. The summed E-state index contributed by atoms with van der Waals surface area (Å²) in [5, 5.41) is 0. The lowest BCUT2D eigenvalue weighted by Gasteiger charge is -2.46. The molecule has 0 saturated carbocycles. The van der Waals surface area contributed by atoms with Crippen molar-refractivity contribution in [3.05, 3.63) is 21.7 Å². The van der Waals surface area contributed by atoms with Gasteiger partial charge in [-0.05, 0) is 22.0 Å². The first kappa shape index (κ1) is 18.7. The van der Waals surface area contributed by atoms with E-state index in [9.17, 15) is 21.6 Å². The van der Waals surface area contributed by atoms with Crippen molar-refractivity contribution in [1.82, 2.24) is 0 Å². The number of rotatable bonds is 4. The van der Waals surface area contributed by atoms with Crippen LogP contribution in [-0.4, -0.2) is 41.4 Å². The van der Waals surface area contributed by atoms with Crippen molar-refractivity contribution >= 4 is 26.0 Å². The fourth-order valence-electron chi connectivity index (χ4n) is 2.88. The van der Waals surface area contributed by atoms with Gasteiger partial charge in [-0.2, -0.15) is 21.6 Å². The van der Waals surface area contributed by atoms with Gasteiger partial charge in [-0.25, -0.2) is 0 Å². The highest BCUT2D eigenvalue weighted by atomic mass is 79.9. The third-order valence-corrected chi connectivity index (χ3v) is 5.55. The van der Waals surface area contributed by atoms with Crippen LogP contribution in [0.1, 0.15) is 17.2 Å². The van der Waals surface area contributed by atoms with Crippen molar-refractivity contribution < 1.29 is 44.7 Å². The molecule has 3 rings (SSSR count). The van der Waals surface area contributed by atoms with E-state index in [1.165, 1.54) is 14.2 Å². The second-order valence-electron chi connectivity index (χ2n) is 5.15. The van der Waals surface area contributed by atoms with Gasteiger partial charge in [-0.1, -0.05) is 0 Å². The molecule has 0 radical (unpaired) electrons. The van der Waals surface area contributed by atoms with Crippen LogP contribution in [0.3, 0.4) is 0 Å². The van der Waals surface area contributed by atoms with Gasteiger partial charge >= 0.3 is 15.6 Å². The Kier molecular flexibility index (Phi) is 4.47. The van der Waals surface area contributed by atoms with Gasteiger partial charge in [0.25, 0.3) is 0 Å². The molecule has 1 heterocycles. The van der Waals surface area contributed by atoms with Crippen molar-refractivity contribution in [2.75, 3.05) is 27.4 Å². The van der Waals surface area contributed by atoms with Crippen molar-refractivity contribution in [3.63, 3.8) is 0 Å². The molecule has 1 atom stereocenters. The van der Waals surface area contributed by atoms with E-state index in [0.29, 0.717) is 24.3 Å². The summed E-state index contributed by atoms with van der Waals surface area (Å²) >= 11 is 3.02. The zero-order valence-electron chi connectivity index (χ0n) is 12.8. The molecule has 1 saturated heterocycles. The van der Waals surface area contributed by atoms with Gasteiger partial charge in [0, 0.05) is 12.7 Å². The van der Waals surface area contributed by atoms with E-state index in [1.54, 1.807) is 0 Å². The smallest absolute Gasteiger partial charge is 0.495 e. The maximum Gasteiger partial charge on any atom is 0.534 e. The molecule has 0 aromatic heterocycles. The first-order valence-electron chi connectivity index (χ1n) is 6.81. The minimum atomic E-state index is -5.84. The first-order chi connectivity index (χ1) is 11.6. The molecule has 25 heavy (non-hydrogen) atoms. The molecule has 1 spiro atoms. The number of ether oxygens (including phenoxy) is 4. The molecule has 0 amide bonds. The molecule has 2 aliphatic rings. The number of alkyl halides is 3. The fourth-order valence-corrected chi connectivity index (χ4v) is 4.00. The number of hydrogen-bond acceptors (Lipinski definition) is 7. The van der Waals surface area contributed by atoms with Crippen LogP contribution in [-0.2, 0) is 30.1 Å². The highest BCUT2D eigenvalue weighted by Gasteiger charge is 2.60. The molecule has 0 N–H and O–H groups in total. The Balaban J connectivity index is 2.12. The molecule has 1 aliphatic heterocycles. The first-order valence-corrected chi connectivity index (χ1v) is 9.01.